The number of nitrogens with zero attached hydrogens (tertiary/aromatic N) is 4. The maximum atomic E-state index is 13.3. The van der Waals surface area contributed by atoms with Crippen LogP contribution in [0, 0.1) is 11.3 Å². The molecule has 182 valence electrons. The van der Waals surface area contributed by atoms with E-state index < -0.39 is 8.07 Å². The molecular weight excluding hydrogens is 448 g/mol. The summed E-state index contributed by atoms with van der Waals surface area (Å²) in [6.45, 7) is 9.86. The number of aromatic nitrogens is 1. The molecule has 1 fully saturated rings. The molecule has 0 spiro atoms. The number of ketones is 1. The van der Waals surface area contributed by atoms with E-state index in [1.807, 2.05) is 18.2 Å². The van der Waals surface area contributed by atoms with E-state index in [2.05, 4.69) is 19.6 Å². The lowest BCUT2D eigenvalue weighted by atomic mass is 10.1. The minimum atomic E-state index is -1.26. The average Bonchev–Trinajstić information content (AvgIpc) is 3.16. The lowest BCUT2D eigenvalue weighted by Crippen LogP contribution is -2.40. The van der Waals surface area contributed by atoms with E-state index in [9.17, 15) is 14.9 Å². The SMILES string of the molecule is CN(C)C=C(C#N)C(=O)c1cc2cc(C(=O)N3CCOCC3)ccc2n1COCC[Si](C)(C)C. The van der Waals surface area contributed by atoms with Crippen molar-refractivity contribution in [1.82, 2.24) is 14.4 Å². The second-order valence-electron chi connectivity index (χ2n) is 9.93. The van der Waals surface area contributed by atoms with Crippen LogP contribution in [0.1, 0.15) is 20.8 Å². The molecule has 0 radical (unpaired) electrons. The highest BCUT2D eigenvalue weighted by Crippen LogP contribution is 2.25. The number of rotatable bonds is 9. The number of hydrogen-bond acceptors (Lipinski definition) is 6. The molecule has 1 aliphatic heterocycles. The third kappa shape index (κ3) is 6.35. The van der Waals surface area contributed by atoms with Crippen LogP contribution in [0.15, 0.2) is 36.0 Å². The van der Waals surface area contributed by atoms with Crippen molar-refractivity contribution in [2.45, 2.75) is 32.4 Å². The Kier molecular flexibility index (Phi) is 8.31. The van der Waals surface area contributed by atoms with Crippen LogP contribution in [0.4, 0.5) is 0 Å². The van der Waals surface area contributed by atoms with Crippen molar-refractivity contribution in [2.24, 2.45) is 0 Å². The summed E-state index contributed by atoms with van der Waals surface area (Å²) >= 11 is 0. The fraction of sp³-hybridized carbons (Fsp3) is 0.480. The Morgan fingerprint density at radius 2 is 1.91 bits per heavy atom. The molecule has 9 heteroatoms. The first-order valence-corrected chi connectivity index (χ1v) is 15.2. The normalized spacial score (nSPS) is 14.8. The van der Waals surface area contributed by atoms with Crippen LogP contribution in [-0.4, -0.2) is 81.1 Å². The van der Waals surface area contributed by atoms with Crippen LogP contribution in [0.25, 0.3) is 10.9 Å². The minimum absolute atomic E-state index is 0.0424. The molecule has 0 saturated carbocycles. The molecule has 8 nitrogen and oxygen atoms in total. The van der Waals surface area contributed by atoms with Crippen molar-refractivity contribution in [3.63, 3.8) is 0 Å². The monoisotopic (exact) mass is 482 g/mol. The predicted molar refractivity (Wildman–Crippen MR) is 134 cm³/mol. The Morgan fingerprint density at radius 3 is 2.53 bits per heavy atom. The third-order valence-electron chi connectivity index (χ3n) is 5.65. The van der Waals surface area contributed by atoms with Gasteiger partial charge >= 0.3 is 0 Å². The number of benzene rings is 1. The highest BCUT2D eigenvalue weighted by molar-refractivity contribution is 6.76. The predicted octanol–water partition coefficient (Wildman–Crippen LogP) is 3.58. The van der Waals surface area contributed by atoms with Gasteiger partial charge in [-0.2, -0.15) is 5.26 Å². The maximum Gasteiger partial charge on any atom is 0.254 e. The first-order chi connectivity index (χ1) is 16.1. The van der Waals surface area contributed by atoms with Gasteiger partial charge in [0.1, 0.15) is 18.4 Å². The van der Waals surface area contributed by atoms with E-state index in [-0.39, 0.29) is 24.0 Å². The summed E-state index contributed by atoms with van der Waals surface area (Å²) in [5.41, 5.74) is 1.76. The molecule has 0 unspecified atom stereocenters. The van der Waals surface area contributed by atoms with Crippen LogP contribution < -0.4 is 0 Å². The van der Waals surface area contributed by atoms with Gasteiger partial charge < -0.3 is 23.8 Å². The Hall–Kier alpha value is -2.93. The molecule has 1 aliphatic rings. The average molecular weight is 483 g/mol. The smallest absolute Gasteiger partial charge is 0.254 e. The molecule has 0 N–H and O–H groups in total. The Morgan fingerprint density at radius 1 is 1.21 bits per heavy atom. The number of hydrogen-bond donors (Lipinski definition) is 0. The molecule has 1 amide bonds. The van der Waals surface area contributed by atoms with Gasteiger partial charge in [0.15, 0.2) is 0 Å². The van der Waals surface area contributed by atoms with Crippen molar-refractivity contribution in [2.75, 3.05) is 47.0 Å². The van der Waals surface area contributed by atoms with Crippen LogP contribution in [0.2, 0.25) is 25.7 Å². The topological polar surface area (TPSA) is 87.8 Å². The highest BCUT2D eigenvalue weighted by Gasteiger charge is 2.23. The standard InChI is InChI=1S/C25H34N4O4Si/c1-27(2)17-21(16-26)24(30)23-15-20-14-19(25(31)28-8-10-32-11-9-28)6-7-22(20)29(23)18-33-12-13-34(3,4)5/h6-7,14-15,17H,8-13,18H2,1-5H3. The first-order valence-electron chi connectivity index (χ1n) is 11.5. The Labute approximate surface area is 202 Å². The summed E-state index contributed by atoms with van der Waals surface area (Å²) < 4.78 is 13.1. The Balaban J connectivity index is 1.97. The molecule has 2 aromatic rings. The zero-order chi connectivity index (χ0) is 24.9. The zero-order valence-corrected chi connectivity index (χ0v) is 21.8. The summed E-state index contributed by atoms with van der Waals surface area (Å²) in [7, 11) is 2.28. The summed E-state index contributed by atoms with van der Waals surface area (Å²) in [5.74, 6) is -0.426. The van der Waals surface area contributed by atoms with E-state index in [1.165, 1.54) is 6.20 Å². The van der Waals surface area contributed by atoms with Gasteiger partial charge in [0.05, 0.1) is 24.4 Å². The summed E-state index contributed by atoms with van der Waals surface area (Å²) in [4.78, 5) is 29.7. The molecule has 1 saturated heterocycles. The van der Waals surface area contributed by atoms with E-state index in [1.54, 1.807) is 40.6 Å². The molecular formula is C25H34N4O4Si. The zero-order valence-electron chi connectivity index (χ0n) is 20.8. The molecule has 0 aliphatic carbocycles. The first kappa shape index (κ1) is 25.7. The second kappa shape index (κ2) is 11.0. The van der Waals surface area contributed by atoms with Gasteiger partial charge in [-0.3, -0.25) is 9.59 Å². The van der Waals surface area contributed by atoms with E-state index >= 15 is 0 Å². The minimum Gasteiger partial charge on any atom is -0.382 e. The van der Waals surface area contributed by atoms with Gasteiger partial charge in [0.2, 0.25) is 5.78 Å². The van der Waals surface area contributed by atoms with Crippen LogP contribution in [-0.2, 0) is 16.2 Å². The fourth-order valence-electron chi connectivity index (χ4n) is 3.75. The quantitative estimate of drug-likeness (QED) is 0.178. The number of carbonyl (C=O) groups is 2. The number of nitriles is 1. The van der Waals surface area contributed by atoms with E-state index in [0.717, 1.165) is 16.9 Å². The number of carbonyl (C=O) groups excluding carboxylic acids is 2. The van der Waals surface area contributed by atoms with Crippen molar-refractivity contribution in [3.05, 3.63) is 47.3 Å². The van der Waals surface area contributed by atoms with Gasteiger partial charge in [0, 0.05) is 59.0 Å². The van der Waals surface area contributed by atoms with Gasteiger partial charge in [0.25, 0.3) is 5.91 Å². The van der Waals surface area contributed by atoms with E-state index in [4.69, 9.17) is 9.47 Å². The van der Waals surface area contributed by atoms with Crippen LogP contribution in [0.5, 0.6) is 0 Å². The van der Waals surface area contributed by atoms with Crippen molar-refractivity contribution in [3.8, 4) is 6.07 Å². The summed E-state index contributed by atoms with van der Waals surface area (Å²) in [6.07, 6.45) is 1.52. The van der Waals surface area contributed by atoms with Crippen molar-refractivity contribution >= 4 is 30.7 Å². The lowest BCUT2D eigenvalue weighted by molar-refractivity contribution is 0.0303. The fourth-order valence-corrected chi connectivity index (χ4v) is 4.51. The van der Waals surface area contributed by atoms with Gasteiger partial charge in [-0.1, -0.05) is 19.6 Å². The molecule has 0 atom stereocenters. The molecule has 2 heterocycles. The molecule has 1 aromatic carbocycles. The van der Waals surface area contributed by atoms with Crippen LogP contribution in [0.3, 0.4) is 0 Å². The molecule has 0 bridgehead atoms. The maximum absolute atomic E-state index is 13.3. The lowest BCUT2D eigenvalue weighted by Gasteiger charge is -2.26. The third-order valence-corrected chi connectivity index (χ3v) is 7.35. The number of ether oxygens (including phenoxy) is 2. The largest absolute Gasteiger partial charge is 0.382 e. The number of amides is 1. The van der Waals surface area contributed by atoms with Gasteiger partial charge in [-0.05, 0) is 30.3 Å². The number of fused-ring (bicyclic) bond motifs is 1. The highest BCUT2D eigenvalue weighted by atomic mass is 28.3. The van der Waals surface area contributed by atoms with Gasteiger partial charge in [-0.15, -0.1) is 0 Å². The summed E-state index contributed by atoms with van der Waals surface area (Å²) in [6, 6.07) is 10.2. The summed E-state index contributed by atoms with van der Waals surface area (Å²) in [5, 5.41) is 10.3. The molecule has 1 aromatic heterocycles. The number of morpholine rings is 1. The van der Waals surface area contributed by atoms with Crippen LogP contribution >= 0.6 is 0 Å². The second-order valence-corrected chi connectivity index (χ2v) is 15.6. The molecule has 34 heavy (non-hydrogen) atoms. The number of Topliss-reactive ketones (excluding diaryl/α,β-unsaturated/α-hetero) is 1. The van der Waals surface area contributed by atoms with Crippen molar-refractivity contribution < 1.29 is 19.1 Å². The van der Waals surface area contributed by atoms with Gasteiger partial charge in [-0.25, -0.2) is 0 Å². The Bertz CT molecular complexity index is 1120. The molecule has 3 rings (SSSR count). The number of allylic oxidation sites excluding steroid dienone is 1. The van der Waals surface area contributed by atoms with E-state index in [0.29, 0.717) is 44.2 Å². The van der Waals surface area contributed by atoms with Crippen molar-refractivity contribution in [1.29, 1.82) is 5.26 Å².